The van der Waals surface area contributed by atoms with Gasteiger partial charge in [0, 0.05) is 12.0 Å². The molecule has 0 aliphatic carbocycles. The highest BCUT2D eigenvalue weighted by molar-refractivity contribution is 6.06. The summed E-state index contributed by atoms with van der Waals surface area (Å²) in [5, 5.41) is 7.06. The molecule has 1 aromatic heterocycles. The van der Waals surface area contributed by atoms with E-state index in [0.717, 1.165) is 11.1 Å². The molecular formula is C29H23N3O3. The van der Waals surface area contributed by atoms with Gasteiger partial charge in [-0.15, -0.1) is 0 Å². The molecule has 0 aliphatic heterocycles. The van der Waals surface area contributed by atoms with Crippen LogP contribution in [0.1, 0.15) is 27.3 Å². The van der Waals surface area contributed by atoms with Gasteiger partial charge in [0.1, 0.15) is 12.4 Å². The number of hydrogen-bond donors (Lipinski definition) is 1. The Labute approximate surface area is 203 Å². The lowest BCUT2D eigenvalue weighted by Gasteiger charge is -2.10. The molecule has 1 heterocycles. The molecule has 1 amide bonds. The van der Waals surface area contributed by atoms with Gasteiger partial charge in [0.25, 0.3) is 11.8 Å². The molecular weight excluding hydrogens is 438 g/mol. The van der Waals surface area contributed by atoms with E-state index < -0.39 is 0 Å². The highest BCUT2D eigenvalue weighted by Gasteiger charge is 2.15. The third-order valence-corrected chi connectivity index (χ3v) is 5.44. The van der Waals surface area contributed by atoms with Crippen molar-refractivity contribution in [1.29, 1.82) is 0 Å². The summed E-state index contributed by atoms with van der Waals surface area (Å²) in [6.45, 7) is 0.468. The number of rotatable bonds is 8. The van der Waals surface area contributed by atoms with Crippen molar-refractivity contribution >= 4 is 11.6 Å². The summed E-state index contributed by atoms with van der Waals surface area (Å²) < 4.78 is 11.3. The van der Waals surface area contributed by atoms with E-state index in [1.165, 1.54) is 0 Å². The number of nitrogens with zero attached hydrogens (tertiary/aromatic N) is 2. The van der Waals surface area contributed by atoms with Gasteiger partial charge in [-0.3, -0.25) is 4.79 Å². The van der Waals surface area contributed by atoms with Gasteiger partial charge >= 0.3 is 0 Å². The number of nitrogens with one attached hydrogen (secondary N) is 1. The minimum Gasteiger partial charge on any atom is -0.489 e. The second kappa shape index (κ2) is 10.5. The minimum atomic E-state index is -0.240. The molecule has 0 spiro atoms. The van der Waals surface area contributed by atoms with Crippen molar-refractivity contribution in [2.45, 2.75) is 13.0 Å². The molecule has 0 radical (unpaired) electrons. The van der Waals surface area contributed by atoms with E-state index in [-0.39, 0.29) is 5.91 Å². The molecule has 0 bridgehead atoms. The number of carbonyl (C=O) groups is 1. The maximum absolute atomic E-state index is 12.9. The first-order valence-corrected chi connectivity index (χ1v) is 11.3. The lowest BCUT2D eigenvalue weighted by atomic mass is 10.1. The number of aromatic nitrogens is 2. The van der Waals surface area contributed by atoms with Crippen LogP contribution in [0.3, 0.4) is 0 Å². The Morgan fingerprint density at radius 3 is 2.17 bits per heavy atom. The van der Waals surface area contributed by atoms with E-state index in [4.69, 9.17) is 9.26 Å². The minimum absolute atomic E-state index is 0.240. The van der Waals surface area contributed by atoms with Crippen LogP contribution in [-0.2, 0) is 13.0 Å². The SMILES string of the molecule is O=C(Nc1ccccc1-c1nc(Cc2ccccc2)no1)c1ccc(OCc2ccccc2)cc1. The van der Waals surface area contributed by atoms with Gasteiger partial charge < -0.3 is 14.6 Å². The van der Waals surface area contributed by atoms with Gasteiger partial charge in [-0.2, -0.15) is 4.98 Å². The Balaban J connectivity index is 1.26. The normalized spacial score (nSPS) is 10.6. The molecule has 0 saturated heterocycles. The molecule has 0 fully saturated rings. The summed E-state index contributed by atoms with van der Waals surface area (Å²) in [5.41, 5.74) is 3.95. The fraction of sp³-hybridized carbons (Fsp3) is 0.0690. The molecule has 5 aromatic rings. The Hall–Kier alpha value is -4.71. The summed E-state index contributed by atoms with van der Waals surface area (Å²) in [5.74, 6) is 1.40. The second-order valence-electron chi connectivity index (χ2n) is 7.98. The van der Waals surface area contributed by atoms with E-state index >= 15 is 0 Å². The topological polar surface area (TPSA) is 77.3 Å². The van der Waals surface area contributed by atoms with Crippen molar-refractivity contribution < 1.29 is 14.1 Å². The van der Waals surface area contributed by atoms with E-state index in [1.807, 2.05) is 84.9 Å². The molecule has 0 unspecified atom stereocenters. The third-order valence-electron chi connectivity index (χ3n) is 5.44. The Morgan fingerprint density at radius 1 is 0.771 bits per heavy atom. The van der Waals surface area contributed by atoms with Crippen LogP contribution >= 0.6 is 0 Å². The average Bonchev–Trinajstić information content (AvgIpc) is 3.37. The van der Waals surface area contributed by atoms with Crippen molar-refractivity contribution in [2.75, 3.05) is 5.32 Å². The Kier molecular flexibility index (Phi) is 6.62. The van der Waals surface area contributed by atoms with E-state index in [2.05, 4.69) is 15.5 Å². The van der Waals surface area contributed by atoms with Gasteiger partial charge in [0.05, 0.1) is 11.3 Å². The number of carbonyl (C=O) groups excluding carboxylic acids is 1. The molecule has 6 nitrogen and oxygen atoms in total. The molecule has 1 N–H and O–H groups in total. The van der Waals surface area contributed by atoms with Crippen molar-refractivity contribution in [2.24, 2.45) is 0 Å². The zero-order valence-electron chi connectivity index (χ0n) is 18.9. The van der Waals surface area contributed by atoms with Crippen molar-refractivity contribution in [3.05, 3.63) is 132 Å². The highest BCUT2D eigenvalue weighted by atomic mass is 16.5. The predicted octanol–water partition coefficient (Wildman–Crippen LogP) is 6.16. The van der Waals surface area contributed by atoms with Crippen LogP contribution < -0.4 is 10.1 Å². The average molecular weight is 462 g/mol. The van der Waals surface area contributed by atoms with Gasteiger partial charge in [0.2, 0.25) is 0 Å². The largest absolute Gasteiger partial charge is 0.489 e. The quantitative estimate of drug-likeness (QED) is 0.299. The predicted molar refractivity (Wildman–Crippen MR) is 134 cm³/mol. The van der Waals surface area contributed by atoms with Crippen LogP contribution in [0.2, 0.25) is 0 Å². The first-order valence-electron chi connectivity index (χ1n) is 11.3. The maximum Gasteiger partial charge on any atom is 0.260 e. The van der Waals surface area contributed by atoms with Crippen LogP contribution in [0.5, 0.6) is 5.75 Å². The third kappa shape index (κ3) is 5.62. The zero-order valence-corrected chi connectivity index (χ0v) is 18.9. The monoisotopic (exact) mass is 461 g/mol. The van der Waals surface area contributed by atoms with Crippen LogP contribution in [0, 0.1) is 0 Å². The summed E-state index contributed by atoms with van der Waals surface area (Å²) in [6.07, 6.45) is 0.567. The molecule has 0 aliphatic rings. The molecule has 0 atom stereocenters. The number of benzene rings is 4. The molecule has 0 saturated carbocycles. The standard InChI is InChI=1S/C29H23N3O3/c33-28(23-15-17-24(18-16-23)34-20-22-11-5-2-6-12-22)30-26-14-8-7-13-25(26)29-31-27(32-35-29)19-21-9-3-1-4-10-21/h1-18H,19-20H2,(H,30,33). The van der Waals surface area contributed by atoms with E-state index in [0.29, 0.717) is 47.3 Å². The molecule has 172 valence electrons. The Bertz CT molecular complexity index is 1400. The van der Waals surface area contributed by atoms with Crippen molar-refractivity contribution in [3.8, 4) is 17.2 Å². The number of anilines is 1. The molecule has 4 aromatic carbocycles. The van der Waals surface area contributed by atoms with Crippen LogP contribution in [0.15, 0.2) is 114 Å². The summed E-state index contributed by atoms with van der Waals surface area (Å²) in [7, 11) is 0. The smallest absolute Gasteiger partial charge is 0.260 e. The lowest BCUT2D eigenvalue weighted by Crippen LogP contribution is -2.12. The van der Waals surface area contributed by atoms with Crippen molar-refractivity contribution in [3.63, 3.8) is 0 Å². The van der Waals surface area contributed by atoms with Gasteiger partial charge in [-0.1, -0.05) is 78.0 Å². The number of ether oxygens (including phenoxy) is 1. The first-order chi connectivity index (χ1) is 17.2. The van der Waals surface area contributed by atoms with Gasteiger partial charge in [0.15, 0.2) is 5.82 Å². The fourth-order valence-corrected chi connectivity index (χ4v) is 3.63. The number of hydrogen-bond acceptors (Lipinski definition) is 5. The van der Waals surface area contributed by atoms with Gasteiger partial charge in [-0.05, 0) is 47.5 Å². The van der Waals surface area contributed by atoms with Crippen LogP contribution in [0.25, 0.3) is 11.5 Å². The van der Waals surface area contributed by atoms with Crippen LogP contribution in [-0.4, -0.2) is 16.0 Å². The first kappa shape index (κ1) is 22.1. The summed E-state index contributed by atoms with van der Waals surface area (Å²) >= 11 is 0. The molecule has 5 rings (SSSR count). The number of para-hydroxylation sites is 1. The second-order valence-corrected chi connectivity index (χ2v) is 7.98. The van der Waals surface area contributed by atoms with Crippen molar-refractivity contribution in [1.82, 2.24) is 10.1 Å². The number of amides is 1. The molecule has 35 heavy (non-hydrogen) atoms. The lowest BCUT2D eigenvalue weighted by molar-refractivity contribution is 0.102. The fourth-order valence-electron chi connectivity index (χ4n) is 3.63. The zero-order chi connectivity index (χ0) is 23.9. The summed E-state index contributed by atoms with van der Waals surface area (Å²) in [4.78, 5) is 17.4. The maximum atomic E-state index is 12.9. The van der Waals surface area contributed by atoms with E-state index in [1.54, 1.807) is 24.3 Å². The Morgan fingerprint density at radius 2 is 1.43 bits per heavy atom. The van der Waals surface area contributed by atoms with Gasteiger partial charge in [-0.25, -0.2) is 0 Å². The van der Waals surface area contributed by atoms with E-state index in [9.17, 15) is 4.79 Å². The molecule has 6 heteroatoms. The van der Waals surface area contributed by atoms with Crippen LogP contribution in [0.4, 0.5) is 5.69 Å². The summed E-state index contributed by atoms with van der Waals surface area (Å²) in [6, 6.07) is 34.3. The highest BCUT2D eigenvalue weighted by Crippen LogP contribution is 2.27.